The average Bonchev–Trinajstić information content (AvgIpc) is 2.99. The van der Waals surface area contributed by atoms with Crippen LogP contribution in [-0.4, -0.2) is 29.4 Å². The van der Waals surface area contributed by atoms with Crippen molar-refractivity contribution in [3.8, 4) is 5.75 Å². The zero-order valence-electron chi connectivity index (χ0n) is 14.3. The second-order valence-corrected chi connectivity index (χ2v) is 6.01. The second-order valence-electron chi connectivity index (χ2n) is 6.01. The predicted octanol–water partition coefficient (Wildman–Crippen LogP) is 3.22. The van der Waals surface area contributed by atoms with E-state index in [1.54, 1.807) is 17.0 Å². The Balaban J connectivity index is 1.66. The van der Waals surface area contributed by atoms with Gasteiger partial charge in [-0.15, -0.1) is 0 Å². The molecule has 0 spiro atoms. The summed E-state index contributed by atoms with van der Waals surface area (Å²) < 4.78 is 5.40. The summed E-state index contributed by atoms with van der Waals surface area (Å²) in [5.74, 6) is 0.642. The summed E-state index contributed by atoms with van der Waals surface area (Å²) in [6.45, 7) is 2.99. The fraction of sp³-hybridized carbons (Fsp3) is 0.300. The molecule has 0 aromatic heterocycles. The van der Waals surface area contributed by atoms with Gasteiger partial charge in [-0.2, -0.15) is 0 Å². The lowest BCUT2D eigenvalue weighted by Crippen LogP contribution is -2.41. The third-order valence-electron chi connectivity index (χ3n) is 4.26. The van der Waals surface area contributed by atoms with Gasteiger partial charge in [-0.25, -0.2) is 0 Å². The van der Waals surface area contributed by atoms with E-state index < -0.39 is 6.04 Å². The molecule has 1 heterocycles. The second kappa shape index (κ2) is 7.83. The van der Waals surface area contributed by atoms with Crippen molar-refractivity contribution in [3.05, 3.63) is 60.2 Å². The minimum absolute atomic E-state index is 0.0238. The van der Waals surface area contributed by atoms with Crippen LogP contribution in [0, 0.1) is 0 Å². The highest BCUT2D eigenvalue weighted by atomic mass is 16.5. The molecule has 2 amide bonds. The van der Waals surface area contributed by atoms with Crippen molar-refractivity contribution in [1.82, 2.24) is 4.90 Å². The van der Waals surface area contributed by atoms with Gasteiger partial charge in [-0.05, 0) is 43.2 Å². The van der Waals surface area contributed by atoms with Crippen LogP contribution in [0.25, 0.3) is 0 Å². The molecule has 1 saturated heterocycles. The Bertz CT molecular complexity index is 728. The van der Waals surface area contributed by atoms with Crippen molar-refractivity contribution in [2.75, 3.05) is 11.9 Å². The molecule has 1 aliphatic rings. The molecule has 0 aliphatic carbocycles. The van der Waals surface area contributed by atoms with Gasteiger partial charge in [0.05, 0.1) is 6.61 Å². The lowest BCUT2D eigenvalue weighted by molar-refractivity contribution is -0.133. The summed E-state index contributed by atoms with van der Waals surface area (Å²) in [5, 5.41) is 2.90. The molecule has 0 radical (unpaired) electrons. The fourth-order valence-electron chi connectivity index (χ4n) is 3.01. The largest absolute Gasteiger partial charge is 0.494 e. The van der Waals surface area contributed by atoms with E-state index in [0.29, 0.717) is 31.7 Å². The molecule has 0 saturated carbocycles. The van der Waals surface area contributed by atoms with Crippen LogP contribution in [0.3, 0.4) is 0 Å². The van der Waals surface area contributed by atoms with Gasteiger partial charge in [-0.3, -0.25) is 9.59 Å². The maximum absolute atomic E-state index is 12.6. The minimum Gasteiger partial charge on any atom is -0.494 e. The molecule has 1 unspecified atom stereocenters. The van der Waals surface area contributed by atoms with E-state index in [1.165, 1.54) is 0 Å². The Morgan fingerprint density at radius 2 is 1.88 bits per heavy atom. The Hall–Kier alpha value is -2.82. The number of rotatable bonds is 6. The number of ether oxygens (including phenoxy) is 1. The molecular weight excluding hydrogens is 316 g/mol. The first kappa shape index (κ1) is 17.0. The van der Waals surface area contributed by atoms with Gasteiger partial charge in [0.1, 0.15) is 11.8 Å². The highest BCUT2D eigenvalue weighted by Crippen LogP contribution is 2.23. The SMILES string of the molecule is CCOc1ccc(NC(=O)C2CCC(=O)N2Cc2ccccc2)cc1. The zero-order chi connectivity index (χ0) is 17.6. The lowest BCUT2D eigenvalue weighted by Gasteiger charge is -2.24. The number of carbonyl (C=O) groups excluding carboxylic acids is 2. The zero-order valence-corrected chi connectivity index (χ0v) is 14.3. The average molecular weight is 338 g/mol. The molecule has 1 N–H and O–H groups in total. The molecule has 130 valence electrons. The quantitative estimate of drug-likeness (QED) is 0.880. The van der Waals surface area contributed by atoms with Crippen molar-refractivity contribution in [2.45, 2.75) is 32.4 Å². The normalized spacial score (nSPS) is 16.8. The van der Waals surface area contributed by atoms with Crippen LogP contribution in [0.1, 0.15) is 25.3 Å². The van der Waals surface area contributed by atoms with Gasteiger partial charge in [0.2, 0.25) is 11.8 Å². The summed E-state index contributed by atoms with van der Waals surface area (Å²) >= 11 is 0. The molecule has 2 aromatic carbocycles. The molecule has 25 heavy (non-hydrogen) atoms. The van der Waals surface area contributed by atoms with Crippen LogP contribution in [0.5, 0.6) is 5.75 Å². The Morgan fingerprint density at radius 3 is 2.56 bits per heavy atom. The third-order valence-corrected chi connectivity index (χ3v) is 4.26. The summed E-state index contributed by atoms with van der Waals surface area (Å²) in [6.07, 6.45) is 0.961. The van der Waals surface area contributed by atoms with E-state index >= 15 is 0 Å². The third kappa shape index (κ3) is 4.18. The van der Waals surface area contributed by atoms with Crippen LogP contribution in [0.15, 0.2) is 54.6 Å². The molecule has 5 heteroatoms. The van der Waals surface area contributed by atoms with Gasteiger partial charge in [0.15, 0.2) is 0 Å². The van der Waals surface area contributed by atoms with Crippen LogP contribution in [-0.2, 0) is 16.1 Å². The molecular formula is C20H22N2O3. The molecule has 1 fully saturated rings. The number of benzene rings is 2. The molecule has 3 rings (SSSR count). The van der Waals surface area contributed by atoms with Crippen molar-refractivity contribution in [1.29, 1.82) is 0 Å². The maximum atomic E-state index is 12.6. The van der Waals surface area contributed by atoms with E-state index in [9.17, 15) is 9.59 Å². The first-order chi connectivity index (χ1) is 12.2. The fourth-order valence-corrected chi connectivity index (χ4v) is 3.01. The molecule has 2 aromatic rings. The first-order valence-electron chi connectivity index (χ1n) is 8.54. The molecule has 1 atom stereocenters. The van der Waals surface area contributed by atoms with E-state index in [0.717, 1.165) is 11.3 Å². The first-order valence-corrected chi connectivity index (χ1v) is 8.54. The van der Waals surface area contributed by atoms with Crippen molar-refractivity contribution in [2.24, 2.45) is 0 Å². The number of hydrogen-bond acceptors (Lipinski definition) is 3. The minimum atomic E-state index is -0.431. The Labute approximate surface area is 147 Å². The van der Waals surface area contributed by atoms with Gasteiger partial charge in [0.25, 0.3) is 0 Å². The maximum Gasteiger partial charge on any atom is 0.247 e. The summed E-state index contributed by atoms with van der Waals surface area (Å²) in [5.41, 5.74) is 1.73. The van der Waals surface area contributed by atoms with Gasteiger partial charge >= 0.3 is 0 Å². The highest BCUT2D eigenvalue weighted by molar-refractivity contribution is 5.99. The molecule has 1 aliphatic heterocycles. The summed E-state index contributed by atoms with van der Waals surface area (Å²) in [4.78, 5) is 26.5. The number of nitrogens with zero attached hydrogens (tertiary/aromatic N) is 1. The van der Waals surface area contributed by atoms with Gasteiger partial charge in [0, 0.05) is 18.7 Å². The smallest absolute Gasteiger partial charge is 0.247 e. The monoisotopic (exact) mass is 338 g/mol. The van der Waals surface area contributed by atoms with Gasteiger partial charge < -0.3 is 15.0 Å². The standard InChI is InChI=1S/C20H22N2O3/c1-2-25-17-10-8-16(9-11-17)21-20(24)18-12-13-19(23)22(18)14-15-6-4-3-5-7-15/h3-11,18H,2,12-14H2,1H3,(H,21,24). The molecule has 0 bridgehead atoms. The number of hydrogen-bond donors (Lipinski definition) is 1. The Morgan fingerprint density at radius 1 is 1.16 bits per heavy atom. The Kier molecular flexibility index (Phi) is 5.33. The van der Waals surface area contributed by atoms with Crippen LogP contribution < -0.4 is 10.1 Å². The summed E-state index contributed by atoms with van der Waals surface area (Å²) in [7, 11) is 0. The van der Waals surface area contributed by atoms with Crippen LogP contribution in [0.2, 0.25) is 0 Å². The van der Waals surface area contributed by atoms with Crippen LogP contribution in [0.4, 0.5) is 5.69 Å². The van der Waals surface area contributed by atoms with Crippen molar-refractivity contribution < 1.29 is 14.3 Å². The van der Waals surface area contributed by atoms with Crippen LogP contribution >= 0.6 is 0 Å². The number of nitrogens with one attached hydrogen (secondary N) is 1. The number of amides is 2. The lowest BCUT2D eigenvalue weighted by atomic mass is 10.1. The van der Waals surface area contributed by atoms with E-state index in [-0.39, 0.29) is 11.8 Å². The topological polar surface area (TPSA) is 58.6 Å². The van der Waals surface area contributed by atoms with Crippen molar-refractivity contribution >= 4 is 17.5 Å². The summed E-state index contributed by atoms with van der Waals surface area (Å²) in [6, 6.07) is 16.6. The highest BCUT2D eigenvalue weighted by Gasteiger charge is 2.35. The number of anilines is 1. The van der Waals surface area contributed by atoms with E-state index in [1.807, 2.05) is 49.4 Å². The van der Waals surface area contributed by atoms with E-state index in [4.69, 9.17) is 4.74 Å². The van der Waals surface area contributed by atoms with Crippen molar-refractivity contribution in [3.63, 3.8) is 0 Å². The van der Waals surface area contributed by atoms with Gasteiger partial charge in [-0.1, -0.05) is 30.3 Å². The number of carbonyl (C=O) groups is 2. The molecule has 5 nitrogen and oxygen atoms in total. The van der Waals surface area contributed by atoms with E-state index in [2.05, 4.69) is 5.32 Å². The number of likely N-dealkylation sites (tertiary alicyclic amines) is 1. The predicted molar refractivity (Wildman–Crippen MR) is 96.3 cm³/mol.